The van der Waals surface area contributed by atoms with E-state index in [2.05, 4.69) is 0 Å². The van der Waals surface area contributed by atoms with Gasteiger partial charge in [-0.1, -0.05) is 12.1 Å². The summed E-state index contributed by atoms with van der Waals surface area (Å²) in [6.45, 7) is 0. The van der Waals surface area contributed by atoms with E-state index >= 15 is 0 Å². The van der Waals surface area contributed by atoms with Gasteiger partial charge in [0.05, 0.1) is 0 Å². The SMILES string of the molecule is [H+].[H+].[Mg+2].[NH-][C@@H](CC(=O)[O-])C(=O)[O-].[NH-][C@@H](CC(=O)[O-])C(=O)[O-]. The zero-order valence-corrected chi connectivity index (χ0v) is 11.0. The van der Waals surface area contributed by atoms with Crippen molar-refractivity contribution in [2.75, 3.05) is 0 Å². The first-order valence-corrected chi connectivity index (χ1v) is 4.31. The normalized spacial score (nSPS) is 11.9. The molecule has 0 aromatic heterocycles. The Hall–Kier alpha value is -1.43. The molecule has 10 nitrogen and oxygen atoms in total. The Bertz CT molecular complexity index is 312. The van der Waals surface area contributed by atoms with Crippen LogP contribution in [0.1, 0.15) is 15.7 Å². The second-order valence-electron chi connectivity index (χ2n) is 2.90. The van der Waals surface area contributed by atoms with Crippen molar-refractivity contribution in [3.8, 4) is 0 Å². The first kappa shape index (κ1) is 22.7. The summed E-state index contributed by atoms with van der Waals surface area (Å²) in [5.74, 6) is -6.50. The molecule has 11 heteroatoms. The van der Waals surface area contributed by atoms with E-state index in [1.165, 1.54) is 0 Å². The molecule has 0 aliphatic carbocycles. The van der Waals surface area contributed by atoms with Crippen LogP contribution in [0, 0.1) is 0 Å². The maximum atomic E-state index is 9.65. The number of carbonyl (C=O) groups is 4. The second kappa shape index (κ2) is 11.6. The third kappa shape index (κ3) is 16.6. The Balaban J connectivity index is -0.0000000711. The predicted molar refractivity (Wildman–Crippen MR) is 53.5 cm³/mol. The summed E-state index contributed by atoms with van der Waals surface area (Å²) in [5.41, 5.74) is 12.9. The van der Waals surface area contributed by atoms with Crippen LogP contribution in [-0.2, 0) is 19.2 Å². The van der Waals surface area contributed by atoms with Gasteiger partial charge >= 0.3 is 25.9 Å². The van der Waals surface area contributed by atoms with Gasteiger partial charge in [0.25, 0.3) is 0 Å². The van der Waals surface area contributed by atoms with Gasteiger partial charge < -0.3 is 51.1 Å². The number of hydrogen-bond donors (Lipinski definition) is 0. The molecule has 0 fully saturated rings. The minimum atomic E-state index is -1.71. The fraction of sp³-hybridized carbons (Fsp3) is 0.500. The largest absolute Gasteiger partial charge is 2.00 e. The molecule has 2 N–H and O–H groups in total. The van der Waals surface area contributed by atoms with Gasteiger partial charge in [0.2, 0.25) is 0 Å². The van der Waals surface area contributed by atoms with Crippen molar-refractivity contribution >= 4 is 46.9 Å². The van der Waals surface area contributed by atoms with Crippen molar-refractivity contribution in [3.63, 3.8) is 0 Å². The van der Waals surface area contributed by atoms with Gasteiger partial charge in [-0.25, -0.2) is 0 Å². The van der Waals surface area contributed by atoms with E-state index in [1.807, 2.05) is 0 Å². The minimum Gasteiger partial charge on any atom is -0.670 e. The summed E-state index contributed by atoms with van der Waals surface area (Å²) in [5, 5.41) is 38.5. The van der Waals surface area contributed by atoms with Gasteiger partial charge in [0.1, 0.15) is 0 Å². The van der Waals surface area contributed by atoms with E-state index < -0.39 is 48.8 Å². The topological polar surface area (TPSA) is 208 Å². The van der Waals surface area contributed by atoms with Crippen molar-refractivity contribution in [1.29, 1.82) is 0 Å². The number of carbonyl (C=O) groups excluding carboxylic acids is 4. The Morgan fingerprint density at radius 2 is 1.00 bits per heavy atom. The minimum absolute atomic E-state index is 0. The maximum absolute atomic E-state index is 9.65. The van der Waals surface area contributed by atoms with Gasteiger partial charge in [-0.15, -0.1) is 0 Å². The number of hydrogen-bond acceptors (Lipinski definition) is 8. The fourth-order valence-corrected chi connectivity index (χ4v) is 0.500. The van der Waals surface area contributed by atoms with Gasteiger partial charge in [0, 0.05) is 23.9 Å². The van der Waals surface area contributed by atoms with Crippen molar-refractivity contribution in [3.05, 3.63) is 11.5 Å². The molecule has 0 aromatic carbocycles. The first-order valence-electron chi connectivity index (χ1n) is 4.31. The summed E-state index contributed by atoms with van der Waals surface area (Å²) >= 11 is 0. The van der Waals surface area contributed by atoms with E-state index in [0.717, 1.165) is 0 Å². The summed E-state index contributed by atoms with van der Waals surface area (Å²) in [6, 6.07) is -3.43. The molecule has 0 rings (SSSR count). The van der Waals surface area contributed by atoms with E-state index in [9.17, 15) is 39.6 Å². The van der Waals surface area contributed by atoms with Crippen molar-refractivity contribution < 1.29 is 42.5 Å². The van der Waals surface area contributed by atoms with Crippen LogP contribution in [0.25, 0.3) is 11.5 Å². The van der Waals surface area contributed by atoms with Crippen LogP contribution in [0.2, 0.25) is 0 Å². The van der Waals surface area contributed by atoms with E-state index in [-0.39, 0.29) is 25.9 Å². The summed E-state index contributed by atoms with van der Waals surface area (Å²) < 4.78 is 0. The first-order chi connectivity index (χ1) is 8.07. The summed E-state index contributed by atoms with van der Waals surface area (Å²) in [7, 11) is 0. The van der Waals surface area contributed by atoms with Crippen LogP contribution in [0.4, 0.5) is 0 Å². The van der Waals surface area contributed by atoms with E-state index in [0.29, 0.717) is 0 Å². The number of rotatable bonds is 6. The smallest absolute Gasteiger partial charge is 0.670 e. The Labute approximate surface area is 126 Å². The molecule has 0 amide bonds. The Kier molecular flexibility index (Phi) is 13.9. The molecule has 104 valence electrons. The second-order valence-corrected chi connectivity index (χ2v) is 2.90. The van der Waals surface area contributed by atoms with Crippen molar-refractivity contribution in [2.45, 2.75) is 24.9 Å². The van der Waals surface area contributed by atoms with Crippen molar-refractivity contribution in [1.82, 2.24) is 0 Å². The molecule has 0 radical (unpaired) electrons. The Morgan fingerprint density at radius 1 is 0.789 bits per heavy atom. The van der Waals surface area contributed by atoms with Crippen LogP contribution in [0.15, 0.2) is 0 Å². The molecule has 0 heterocycles. The molecule has 0 aliphatic rings. The zero-order chi connectivity index (χ0) is 14.9. The molecule has 0 spiro atoms. The standard InChI is InChI=1S/2C4H6NO4.Mg/c2*5-2(4(8)9)1-3(6)7;/h2*2,5H,1H2,(H,6,7)(H,8,9);/q2*-1;+2/p-2/t2*2-;/m00./s1. The molecular formula is C8H10MgN2O8-2. The molecule has 19 heavy (non-hydrogen) atoms. The number of carboxylic acid groups (broad SMARTS) is 4. The van der Waals surface area contributed by atoms with Crippen LogP contribution in [0.3, 0.4) is 0 Å². The molecule has 0 unspecified atom stereocenters. The van der Waals surface area contributed by atoms with Crippen LogP contribution in [-0.4, -0.2) is 59.0 Å². The van der Waals surface area contributed by atoms with E-state index in [1.54, 1.807) is 0 Å². The third-order valence-corrected chi connectivity index (χ3v) is 1.31. The predicted octanol–water partition coefficient (Wildman–Crippen LogP) is -5.56. The molecule has 0 bridgehead atoms. The molecule has 2 atom stereocenters. The fourth-order valence-electron chi connectivity index (χ4n) is 0.500. The molecule has 0 aliphatic heterocycles. The van der Waals surface area contributed by atoms with Gasteiger partial charge in [-0.3, -0.25) is 0 Å². The summed E-state index contributed by atoms with van der Waals surface area (Å²) in [6.07, 6.45) is -1.63. The van der Waals surface area contributed by atoms with Crippen LogP contribution >= 0.6 is 0 Å². The van der Waals surface area contributed by atoms with Gasteiger partial charge in [-0.05, 0) is 12.8 Å². The average Bonchev–Trinajstić information content (AvgIpc) is 2.16. The zero-order valence-electron chi connectivity index (χ0n) is 11.5. The van der Waals surface area contributed by atoms with Crippen LogP contribution < -0.4 is 20.4 Å². The Morgan fingerprint density at radius 3 is 1.05 bits per heavy atom. The molecule has 0 saturated heterocycles. The van der Waals surface area contributed by atoms with Gasteiger partial charge in [-0.2, -0.15) is 0 Å². The molecule has 0 saturated carbocycles. The van der Waals surface area contributed by atoms with E-state index in [4.69, 9.17) is 11.5 Å². The summed E-state index contributed by atoms with van der Waals surface area (Å²) in [4.78, 5) is 38.5. The third-order valence-electron chi connectivity index (χ3n) is 1.31. The monoisotopic (exact) mass is 286 g/mol. The number of aliphatic carboxylic acids is 4. The average molecular weight is 286 g/mol. The molecule has 0 aromatic rings. The molecular weight excluding hydrogens is 276 g/mol. The maximum Gasteiger partial charge on any atom is 2.00 e. The van der Waals surface area contributed by atoms with Gasteiger partial charge in [0.15, 0.2) is 0 Å². The number of nitrogens with one attached hydrogen (secondary N) is 2. The van der Waals surface area contributed by atoms with Crippen molar-refractivity contribution in [2.24, 2.45) is 0 Å². The quantitative estimate of drug-likeness (QED) is 0.428. The van der Waals surface area contributed by atoms with Crippen LogP contribution in [0.5, 0.6) is 0 Å². The number of carboxylic acids is 4.